The fourth-order valence-corrected chi connectivity index (χ4v) is 1.79. The Labute approximate surface area is 98.2 Å². The van der Waals surface area contributed by atoms with Crippen LogP contribution >= 0.6 is 11.6 Å². The van der Waals surface area contributed by atoms with Gasteiger partial charge >= 0.3 is 5.63 Å². The quantitative estimate of drug-likeness (QED) is 0.705. The monoisotopic (exact) mass is 234 g/mol. The van der Waals surface area contributed by atoms with Crippen LogP contribution < -0.4 is 5.63 Å². The second kappa shape index (κ2) is 4.14. The molecule has 0 radical (unpaired) electrons. The van der Waals surface area contributed by atoms with Gasteiger partial charge in [0.25, 0.3) is 0 Å². The number of hydrogen-bond acceptors (Lipinski definition) is 2. The summed E-state index contributed by atoms with van der Waals surface area (Å²) >= 11 is 5.79. The molecule has 2 aromatic rings. The van der Waals surface area contributed by atoms with Crippen molar-refractivity contribution in [1.82, 2.24) is 0 Å². The Hall–Kier alpha value is -1.54. The molecular weight excluding hydrogens is 224 g/mol. The van der Waals surface area contributed by atoms with Crippen LogP contribution in [0.25, 0.3) is 17.0 Å². The molecule has 0 bridgehead atoms. The summed E-state index contributed by atoms with van der Waals surface area (Å²) in [6.07, 6.45) is 1.82. The Kier molecular flexibility index (Phi) is 2.84. The van der Waals surface area contributed by atoms with E-state index < -0.39 is 0 Å². The van der Waals surface area contributed by atoms with Crippen molar-refractivity contribution >= 4 is 28.6 Å². The summed E-state index contributed by atoms with van der Waals surface area (Å²) in [6.45, 7) is 3.69. The van der Waals surface area contributed by atoms with E-state index in [0.29, 0.717) is 10.6 Å². The van der Waals surface area contributed by atoms with Crippen LogP contribution in [-0.4, -0.2) is 0 Å². The molecular formula is C13H11ClO2. The number of fused-ring (bicyclic) bond motifs is 1. The summed E-state index contributed by atoms with van der Waals surface area (Å²) < 4.78 is 5.14. The zero-order chi connectivity index (χ0) is 11.7. The van der Waals surface area contributed by atoms with E-state index in [4.69, 9.17) is 16.0 Å². The lowest BCUT2D eigenvalue weighted by Crippen LogP contribution is -1.97. The Morgan fingerprint density at radius 2 is 2.12 bits per heavy atom. The van der Waals surface area contributed by atoms with E-state index in [1.165, 1.54) is 6.07 Å². The third kappa shape index (κ3) is 2.17. The van der Waals surface area contributed by atoms with Gasteiger partial charge in [-0.2, -0.15) is 0 Å². The summed E-state index contributed by atoms with van der Waals surface area (Å²) in [5.41, 5.74) is 2.11. The third-order valence-corrected chi connectivity index (χ3v) is 2.45. The van der Waals surface area contributed by atoms with Crippen LogP contribution in [-0.2, 0) is 0 Å². The highest BCUT2D eigenvalue weighted by molar-refractivity contribution is 6.31. The zero-order valence-electron chi connectivity index (χ0n) is 9.08. The number of allylic oxidation sites excluding steroid dienone is 1. The normalized spacial score (nSPS) is 12.1. The molecule has 0 atom stereocenters. The summed E-state index contributed by atoms with van der Waals surface area (Å²) in [4.78, 5) is 11.2. The van der Waals surface area contributed by atoms with Crippen molar-refractivity contribution in [3.8, 4) is 0 Å². The van der Waals surface area contributed by atoms with E-state index in [1.54, 1.807) is 6.92 Å². The molecule has 1 aromatic carbocycles. The summed E-state index contributed by atoms with van der Waals surface area (Å²) in [5.74, 6) is 0. The Morgan fingerprint density at radius 3 is 2.81 bits per heavy atom. The summed E-state index contributed by atoms with van der Waals surface area (Å²) in [6, 6.07) is 7.18. The third-order valence-electron chi connectivity index (χ3n) is 2.34. The topological polar surface area (TPSA) is 30.2 Å². The first-order chi connectivity index (χ1) is 7.56. The molecule has 0 saturated heterocycles. The Balaban J connectivity index is 2.71. The molecule has 1 aromatic heterocycles. The fourth-order valence-electron chi connectivity index (χ4n) is 1.66. The van der Waals surface area contributed by atoms with Gasteiger partial charge in [0.1, 0.15) is 5.58 Å². The second-order valence-corrected chi connectivity index (χ2v) is 4.33. The lowest BCUT2D eigenvalue weighted by atomic mass is 10.1. The van der Waals surface area contributed by atoms with Gasteiger partial charge in [0, 0.05) is 16.5 Å². The van der Waals surface area contributed by atoms with Gasteiger partial charge in [-0.25, -0.2) is 4.79 Å². The van der Waals surface area contributed by atoms with E-state index in [2.05, 4.69) is 0 Å². The maximum Gasteiger partial charge on any atom is 0.336 e. The molecule has 0 unspecified atom stereocenters. The van der Waals surface area contributed by atoms with Crippen LogP contribution in [0.4, 0.5) is 0 Å². The highest BCUT2D eigenvalue weighted by Gasteiger charge is 2.02. The van der Waals surface area contributed by atoms with Crippen LogP contribution in [0.5, 0.6) is 0 Å². The van der Waals surface area contributed by atoms with E-state index >= 15 is 0 Å². The van der Waals surface area contributed by atoms with Gasteiger partial charge in [0.15, 0.2) is 0 Å². The van der Waals surface area contributed by atoms with Crippen molar-refractivity contribution in [3.05, 3.63) is 50.8 Å². The molecule has 0 aliphatic heterocycles. The molecule has 0 aliphatic rings. The van der Waals surface area contributed by atoms with Crippen molar-refractivity contribution in [1.29, 1.82) is 0 Å². The van der Waals surface area contributed by atoms with Gasteiger partial charge < -0.3 is 4.42 Å². The second-order valence-electron chi connectivity index (χ2n) is 3.74. The number of rotatable bonds is 1. The molecule has 82 valence electrons. The Morgan fingerprint density at radius 1 is 1.38 bits per heavy atom. The van der Waals surface area contributed by atoms with Crippen LogP contribution in [0.2, 0.25) is 0 Å². The fraction of sp³-hybridized carbons (Fsp3) is 0.154. The minimum absolute atomic E-state index is 0.325. The molecule has 2 nitrogen and oxygen atoms in total. The van der Waals surface area contributed by atoms with Gasteiger partial charge in [-0.1, -0.05) is 23.7 Å². The van der Waals surface area contributed by atoms with Gasteiger partial charge in [-0.3, -0.25) is 0 Å². The first kappa shape index (κ1) is 11.0. The summed E-state index contributed by atoms with van der Waals surface area (Å²) in [7, 11) is 0. The molecule has 1 heterocycles. The maximum absolute atomic E-state index is 11.2. The molecule has 3 heteroatoms. The molecule has 0 spiro atoms. The highest BCUT2D eigenvalue weighted by atomic mass is 35.5. The van der Waals surface area contributed by atoms with Crippen molar-refractivity contribution in [3.63, 3.8) is 0 Å². The van der Waals surface area contributed by atoms with Gasteiger partial charge in [0.2, 0.25) is 0 Å². The van der Waals surface area contributed by atoms with Crippen molar-refractivity contribution in [2.45, 2.75) is 13.8 Å². The minimum Gasteiger partial charge on any atom is -0.423 e. The standard InChI is InChI=1S/C13H11ClO2/c1-8-5-13(15)16-12-7-10(6-9(2)14)3-4-11(8)12/h3-7H,1-2H3. The van der Waals surface area contributed by atoms with Crippen LogP contribution in [0.1, 0.15) is 18.1 Å². The molecule has 0 saturated carbocycles. The number of benzene rings is 1. The first-order valence-corrected chi connectivity index (χ1v) is 5.32. The lowest BCUT2D eigenvalue weighted by molar-refractivity contribution is 0.560. The number of hydrogen-bond donors (Lipinski definition) is 0. The van der Waals surface area contributed by atoms with E-state index in [0.717, 1.165) is 16.5 Å². The smallest absolute Gasteiger partial charge is 0.336 e. The number of aryl methyl sites for hydroxylation is 1. The predicted molar refractivity (Wildman–Crippen MR) is 66.7 cm³/mol. The van der Waals surface area contributed by atoms with Gasteiger partial charge in [0.05, 0.1) is 0 Å². The SMILES string of the molecule is CC(Cl)=Cc1ccc2c(C)cc(=O)oc2c1. The average molecular weight is 235 g/mol. The van der Waals surface area contributed by atoms with Crippen LogP contribution in [0, 0.1) is 6.92 Å². The molecule has 0 amide bonds. The van der Waals surface area contributed by atoms with E-state index in [-0.39, 0.29) is 5.63 Å². The zero-order valence-corrected chi connectivity index (χ0v) is 9.84. The first-order valence-electron chi connectivity index (χ1n) is 4.94. The highest BCUT2D eigenvalue weighted by Crippen LogP contribution is 2.19. The predicted octanol–water partition coefficient (Wildman–Crippen LogP) is 3.70. The van der Waals surface area contributed by atoms with Crippen LogP contribution in [0.3, 0.4) is 0 Å². The molecule has 0 N–H and O–H groups in total. The molecule has 16 heavy (non-hydrogen) atoms. The maximum atomic E-state index is 11.2. The van der Waals surface area contributed by atoms with Gasteiger partial charge in [-0.05, 0) is 37.1 Å². The average Bonchev–Trinajstić information content (AvgIpc) is 2.15. The lowest BCUT2D eigenvalue weighted by Gasteiger charge is -2.01. The molecule has 2 rings (SSSR count). The summed E-state index contributed by atoms with van der Waals surface area (Å²) in [5, 5.41) is 1.64. The molecule has 0 aliphatic carbocycles. The van der Waals surface area contributed by atoms with E-state index in [1.807, 2.05) is 31.2 Å². The van der Waals surface area contributed by atoms with Crippen molar-refractivity contribution in [2.75, 3.05) is 0 Å². The van der Waals surface area contributed by atoms with Crippen molar-refractivity contribution in [2.24, 2.45) is 0 Å². The molecule has 0 fully saturated rings. The largest absolute Gasteiger partial charge is 0.423 e. The van der Waals surface area contributed by atoms with Gasteiger partial charge in [-0.15, -0.1) is 0 Å². The van der Waals surface area contributed by atoms with Crippen molar-refractivity contribution < 1.29 is 4.42 Å². The van der Waals surface area contributed by atoms with E-state index in [9.17, 15) is 4.79 Å². The van der Waals surface area contributed by atoms with Crippen LogP contribution in [0.15, 0.2) is 38.5 Å². The number of halogens is 1. The Bertz CT molecular complexity index is 619. The minimum atomic E-state index is -0.325.